The second-order valence-corrected chi connectivity index (χ2v) is 6.10. The number of halogens is 1. The van der Waals surface area contributed by atoms with Crippen LogP contribution in [0.15, 0.2) is 60.2 Å². The van der Waals surface area contributed by atoms with Crippen molar-refractivity contribution in [1.82, 2.24) is 15.6 Å². The van der Waals surface area contributed by atoms with Crippen LogP contribution >= 0.6 is 24.0 Å². The van der Waals surface area contributed by atoms with Gasteiger partial charge in [-0.25, -0.2) is 9.98 Å². The fraction of sp³-hybridized carbons (Fsp3) is 0.364. The molecular formula is C22H31IN4O3. The minimum absolute atomic E-state index is 0. The van der Waals surface area contributed by atoms with Crippen LogP contribution in [0, 0.1) is 0 Å². The number of ether oxygens (including phenoxy) is 3. The van der Waals surface area contributed by atoms with E-state index in [4.69, 9.17) is 14.2 Å². The van der Waals surface area contributed by atoms with Gasteiger partial charge in [-0.05, 0) is 18.6 Å². The predicted molar refractivity (Wildman–Crippen MR) is 131 cm³/mol. The smallest absolute Gasteiger partial charge is 0.213 e. The molecule has 0 aliphatic rings. The van der Waals surface area contributed by atoms with E-state index in [1.54, 1.807) is 19.4 Å². The Morgan fingerprint density at radius 1 is 1.13 bits per heavy atom. The van der Waals surface area contributed by atoms with Crippen molar-refractivity contribution in [2.75, 3.05) is 33.5 Å². The predicted octanol–water partition coefficient (Wildman–Crippen LogP) is 3.54. The van der Waals surface area contributed by atoms with E-state index in [0.717, 1.165) is 29.4 Å². The van der Waals surface area contributed by atoms with Crippen molar-refractivity contribution in [3.05, 3.63) is 66.4 Å². The number of hydrogen-bond donors (Lipinski definition) is 2. The van der Waals surface area contributed by atoms with E-state index in [2.05, 4.69) is 27.2 Å². The molecule has 2 N–H and O–H groups in total. The van der Waals surface area contributed by atoms with Crippen LogP contribution in [0.1, 0.15) is 18.1 Å². The first-order chi connectivity index (χ1) is 14.3. The number of nitrogens with one attached hydrogen (secondary N) is 2. The van der Waals surface area contributed by atoms with Crippen molar-refractivity contribution in [3.8, 4) is 11.6 Å². The van der Waals surface area contributed by atoms with Gasteiger partial charge in [0.25, 0.3) is 0 Å². The monoisotopic (exact) mass is 526 g/mol. The lowest BCUT2D eigenvalue weighted by atomic mass is 10.2. The Morgan fingerprint density at radius 3 is 2.67 bits per heavy atom. The van der Waals surface area contributed by atoms with Crippen LogP contribution < -0.4 is 20.1 Å². The van der Waals surface area contributed by atoms with Gasteiger partial charge in [0.2, 0.25) is 5.88 Å². The van der Waals surface area contributed by atoms with E-state index < -0.39 is 0 Å². The van der Waals surface area contributed by atoms with Crippen molar-refractivity contribution in [1.29, 1.82) is 0 Å². The van der Waals surface area contributed by atoms with Crippen molar-refractivity contribution in [2.24, 2.45) is 4.99 Å². The first-order valence-corrected chi connectivity index (χ1v) is 9.67. The van der Waals surface area contributed by atoms with Crippen molar-refractivity contribution >= 4 is 29.9 Å². The Balaban J connectivity index is 0.00000450. The summed E-state index contributed by atoms with van der Waals surface area (Å²) in [6.07, 6.45) is 3.51. The van der Waals surface area contributed by atoms with Crippen LogP contribution in [0.4, 0.5) is 0 Å². The van der Waals surface area contributed by atoms with Gasteiger partial charge in [-0.15, -0.1) is 24.0 Å². The van der Waals surface area contributed by atoms with Crippen molar-refractivity contribution in [3.63, 3.8) is 0 Å². The maximum atomic E-state index is 5.71. The van der Waals surface area contributed by atoms with E-state index in [0.29, 0.717) is 38.8 Å². The highest BCUT2D eigenvalue weighted by Crippen LogP contribution is 2.17. The lowest BCUT2D eigenvalue weighted by Gasteiger charge is -2.14. The number of guanidine groups is 1. The van der Waals surface area contributed by atoms with Gasteiger partial charge >= 0.3 is 0 Å². The Kier molecular flexibility index (Phi) is 13.3. The second-order valence-electron chi connectivity index (χ2n) is 6.10. The molecule has 1 aromatic heterocycles. The van der Waals surface area contributed by atoms with Crippen LogP contribution in [0.3, 0.4) is 0 Å². The average molecular weight is 526 g/mol. The van der Waals surface area contributed by atoms with E-state index >= 15 is 0 Å². The zero-order chi connectivity index (χ0) is 20.7. The summed E-state index contributed by atoms with van der Waals surface area (Å²) in [5.74, 6) is 2.14. The molecule has 8 heteroatoms. The van der Waals surface area contributed by atoms with Gasteiger partial charge in [-0.3, -0.25) is 0 Å². The molecule has 2 rings (SSSR count). The molecule has 1 aromatic carbocycles. The van der Waals surface area contributed by atoms with Gasteiger partial charge in [0, 0.05) is 38.0 Å². The molecule has 0 aliphatic heterocycles. The maximum absolute atomic E-state index is 5.71. The average Bonchev–Trinajstić information content (AvgIpc) is 2.76. The second kappa shape index (κ2) is 15.5. The maximum Gasteiger partial charge on any atom is 0.213 e. The normalized spacial score (nSPS) is 10.7. The summed E-state index contributed by atoms with van der Waals surface area (Å²) < 4.78 is 16.1. The quantitative estimate of drug-likeness (QED) is 0.145. The van der Waals surface area contributed by atoms with E-state index in [9.17, 15) is 0 Å². The Labute approximate surface area is 196 Å². The summed E-state index contributed by atoms with van der Waals surface area (Å²) >= 11 is 0. The summed E-state index contributed by atoms with van der Waals surface area (Å²) in [5, 5.41) is 6.60. The number of benzene rings is 1. The minimum atomic E-state index is 0. The highest BCUT2D eigenvalue weighted by molar-refractivity contribution is 14.0. The van der Waals surface area contributed by atoms with Crippen molar-refractivity contribution in [2.45, 2.75) is 20.0 Å². The lowest BCUT2D eigenvalue weighted by molar-refractivity contribution is 0.143. The van der Waals surface area contributed by atoms with Gasteiger partial charge in [-0.2, -0.15) is 0 Å². The molecule has 0 aliphatic carbocycles. The molecular weight excluding hydrogens is 495 g/mol. The number of hydrogen-bond acceptors (Lipinski definition) is 5. The van der Waals surface area contributed by atoms with Gasteiger partial charge in [-0.1, -0.05) is 36.9 Å². The largest absolute Gasteiger partial charge is 0.489 e. The molecule has 0 radical (unpaired) electrons. The van der Waals surface area contributed by atoms with E-state index in [1.165, 1.54) is 0 Å². The molecule has 0 fully saturated rings. The molecule has 0 saturated carbocycles. The molecule has 7 nitrogen and oxygen atoms in total. The van der Waals surface area contributed by atoms with Gasteiger partial charge < -0.3 is 24.8 Å². The molecule has 0 amide bonds. The zero-order valence-electron chi connectivity index (χ0n) is 17.6. The first-order valence-electron chi connectivity index (χ1n) is 9.67. The van der Waals surface area contributed by atoms with Crippen LogP contribution in [0.5, 0.6) is 11.6 Å². The molecule has 0 atom stereocenters. The first kappa shape index (κ1) is 25.7. The van der Waals surface area contributed by atoms with Crippen LogP contribution in [0.2, 0.25) is 0 Å². The lowest BCUT2D eigenvalue weighted by Crippen LogP contribution is -2.36. The highest BCUT2D eigenvalue weighted by atomic mass is 127. The topological polar surface area (TPSA) is 77.0 Å². The molecule has 164 valence electrons. The van der Waals surface area contributed by atoms with Crippen LogP contribution in [-0.2, 0) is 17.8 Å². The SMILES string of the molecule is C=CCOc1ccccc1CNC(=NCc1ccc(OCCOC)nc1)NCC.I. The standard InChI is InChI=1S/C22H30N4O3.HI/c1-4-12-28-20-9-7-6-8-19(20)17-26-22(23-5-2)25-16-18-10-11-21(24-15-18)29-14-13-27-3;/h4,6-11,15H,1,5,12-14,16-17H2,2-3H3,(H2,23,25,26);1H. The fourth-order valence-electron chi connectivity index (χ4n) is 2.45. The molecule has 0 bridgehead atoms. The third-order valence-electron chi connectivity index (χ3n) is 3.87. The summed E-state index contributed by atoms with van der Waals surface area (Å²) in [5.41, 5.74) is 2.05. The van der Waals surface area contributed by atoms with Crippen LogP contribution in [-0.4, -0.2) is 44.4 Å². The molecule has 0 spiro atoms. The van der Waals surface area contributed by atoms with E-state index in [1.807, 2.05) is 43.3 Å². The molecule has 30 heavy (non-hydrogen) atoms. The molecule has 0 saturated heterocycles. The summed E-state index contributed by atoms with van der Waals surface area (Å²) in [6.45, 7) is 9.10. The molecule has 0 unspecified atom stereocenters. The Morgan fingerprint density at radius 2 is 1.97 bits per heavy atom. The van der Waals surface area contributed by atoms with Crippen molar-refractivity contribution < 1.29 is 14.2 Å². The molecule has 2 aromatic rings. The van der Waals surface area contributed by atoms with Gasteiger partial charge in [0.1, 0.15) is 19.0 Å². The number of aromatic nitrogens is 1. The fourth-order valence-corrected chi connectivity index (χ4v) is 2.45. The summed E-state index contributed by atoms with van der Waals surface area (Å²) in [6, 6.07) is 11.7. The number of aliphatic imine (C=N–C) groups is 1. The number of para-hydroxylation sites is 1. The Bertz CT molecular complexity index is 769. The number of rotatable bonds is 12. The number of pyridine rings is 1. The minimum Gasteiger partial charge on any atom is -0.489 e. The number of nitrogens with zero attached hydrogens (tertiary/aromatic N) is 2. The molecule has 1 heterocycles. The Hall–Kier alpha value is -2.33. The zero-order valence-corrected chi connectivity index (χ0v) is 19.9. The van der Waals surface area contributed by atoms with E-state index in [-0.39, 0.29) is 24.0 Å². The third-order valence-corrected chi connectivity index (χ3v) is 3.87. The van der Waals surface area contributed by atoms with Gasteiger partial charge in [0.15, 0.2) is 5.96 Å². The highest BCUT2D eigenvalue weighted by Gasteiger charge is 2.04. The van der Waals surface area contributed by atoms with Crippen LogP contribution in [0.25, 0.3) is 0 Å². The third kappa shape index (κ3) is 9.45. The number of methoxy groups -OCH3 is 1. The van der Waals surface area contributed by atoms with Gasteiger partial charge in [0.05, 0.1) is 13.2 Å². The summed E-state index contributed by atoms with van der Waals surface area (Å²) in [4.78, 5) is 8.93. The summed E-state index contributed by atoms with van der Waals surface area (Å²) in [7, 11) is 1.64.